The number of hydrogen-bond donors (Lipinski definition) is 0. The van der Waals surface area contributed by atoms with E-state index in [2.05, 4.69) is 172 Å². The lowest BCUT2D eigenvalue weighted by atomic mass is 9.43. The summed E-state index contributed by atoms with van der Waals surface area (Å²) in [7, 11) is 0. The monoisotopic (exact) mass is 782 g/mol. The van der Waals surface area contributed by atoms with E-state index in [1.54, 1.807) is 5.56 Å². The highest BCUT2D eigenvalue weighted by Crippen LogP contribution is 2.70. The van der Waals surface area contributed by atoms with Gasteiger partial charge >= 0.3 is 0 Å². The van der Waals surface area contributed by atoms with Crippen LogP contribution < -0.4 is 0 Å². The lowest BCUT2D eigenvalue weighted by Gasteiger charge is -2.61. The molecular weight excluding hydrogens is 737 g/mol. The van der Waals surface area contributed by atoms with Gasteiger partial charge in [-0.2, -0.15) is 0 Å². The Balaban J connectivity index is 1.04. The molecule has 4 bridgehead atoms. The average Bonchev–Trinajstić information content (AvgIpc) is 3.73. The first-order valence-electron chi connectivity index (χ1n) is 22.7. The number of aromatic nitrogens is 2. The summed E-state index contributed by atoms with van der Waals surface area (Å²) in [4.78, 5) is 11.0. The fourth-order valence-corrected chi connectivity index (χ4v) is 14.3. The first kappa shape index (κ1) is 34.3. The van der Waals surface area contributed by atoms with Crippen molar-refractivity contribution in [1.82, 2.24) is 9.97 Å². The molecule has 2 nitrogen and oxygen atoms in total. The van der Waals surface area contributed by atoms with Crippen molar-refractivity contribution in [2.24, 2.45) is 23.7 Å². The van der Waals surface area contributed by atoms with E-state index in [0.717, 1.165) is 45.4 Å². The van der Waals surface area contributed by atoms with Crippen molar-refractivity contribution in [3.8, 4) is 56.0 Å². The topological polar surface area (TPSA) is 25.8 Å². The van der Waals surface area contributed by atoms with Gasteiger partial charge in [0.05, 0.1) is 11.2 Å². The molecule has 15 rings (SSSR count). The van der Waals surface area contributed by atoms with Crippen molar-refractivity contribution in [3.63, 3.8) is 0 Å². The van der Waals surface area contributed by atoms with Gasteiger partial charge in [-0.1, -0.05) is 153 Å². The molecule has 0 atom stereocenters. The fourth-order valence-electron chi connectivity index (χ4n) is 14.3. The first-order chi connectivity index (χ1) is 30.0. The van der Waals surface area contributed by atoms with Crippen molar-refractivity contribution in [2.45, 2.75) is 56.8 Å². The molecule has 1 spiro atoms. The quantitative estimate of drug-likeness (QED) is 0.167. The lowest BCUT2D eigenvalue weighted by molar-refractivity contribution is -0.0399. The maximum Gasteiger partial charge on any atom is 0.160 e. The van der Waals surface area contributed by atoms with Crippen molar-refractivity contribution < 1.29 is 0 Å². The predicted octanol–water partition coefficient (Wildman–Crippen LogP) is 15.0. The minimum Gasteiger partial charge on any atom is -0.228 e. The largest absolute Gasteiger partial charge is 0.228 e. The number of fused-ring (bicyclic) bond motifs is 11. The number of hydrogen-bond acceptors (Lipinski definition) is 2. The van der Waals surface area contributed by atoms with Crippen LogP contribution in [-0.2, 0) is 10.8 Å². The van der Waals surface area contributed by atoms with Gasteiger partial charge in [-0.25, -0.2) is 9.97 Å². The molecule has 0 saturated heterocycles. The van der Waals surface area contributed by atoms with Crippen molar-refractivity contribution in [1.29, 1.82) is 0 Å². The molecule has 0 radical (unpaired) electrons. The van der Waals surface area contributed by atoms with Crippen LogP contribution in [0.15, 0.2) is 158 Å². The summed E-state index contributed by atoms with van der Waals surface area (Å²) in [5.41, 5.74) is 18.6. The summed E-state index contributed by atoms with van der Waals surface area (Å²) in [6.45, 7) is 4.91. The second kappa shape index (κ2) is 12.1. The second-order valence-corrected chi connectivity index (χ2v) is 19.7. The fraction of sp³-hybridized carbons (Fsp3) is 0.220. The molecule has 4 saturated carbocycles. The molecule has 292 valence electrons. The second-order valence-electron chi connectivity index (χ2n) is 19.7. The summed E-state index contributed by atoms with van der Waals surface area (Å²) in [6, 6.07) is 59.4. The third-order valence-corrected chi connectivity index (χ3v) is 16.4. The zero-order chi connectivity index (χ0) is 40.2. The molecule has 1 aromatic heterocycles. The Labute approximate surface area is 357 Å². The molecule has 2 heteroatoms. The highest BCUT2D eigenvalue weighted by atomic mass is 14.9. The maximum absolute atomic E-state index is 5.55. The summed E-state index contributed by atoms with van der Waals surface area (Å²) < 4.78 is 0. The highest BCUT2D eigenvalue weighted by molar-refractivity contribution is 6.13. The van der Waals surface area contributed by atoms with Crippen LogP contribution in [0.5, 0.6) is 0 Å². The van der Waals surface area contributed by atoms with E-state index < -0.39 is 0 Å². The van der Waals surface area contributed by atoms with Crippen LogP contribution in [-0.4, -0.2) is 9.97 Å². The number of benzene rings is 8. The van der Waals surface area contributed by atoms with Gasteiger partial charge in [-0.05, 0) is 151 Å². The zero-order valence-corrected chi connectivity index (χ0v) is 34.8. The lowest BCUT2D eigenvalue weighted by Crippen LogP contribution is -2.55. The van der Waals surface area contributed by atoms with Crippen LogP contribution >= 0.6 is 0 Å². The van der Waals surface area contributed by atoms with Gasteiger partial charge in [-0.3, -0.25) is 0 Å². The van der Waals surface area contributed by atoms with Crippen molar-refractivity contribution in [2.75, 3.05) is 0 Å². The zero-order valence-electron chi connectivity index (χ0n) is 34.8. The Morgan fingerprint density at radius 2 is 1.13 bits per heavy atom. The van der Waals surface area contributed by atoms with Crippen LogP contribution in [0.4, 0.5) is 0 Å². The molecular formula is C59H46N2. The Morgan fingerprint density at radius 1 is 0.459 bits per heavy atom. The standard InChI is InChI=1S/C59H46N2/c1-58(2)48-21-11-10-19-45(48)53-43-18-9-7-16-38(43)32-47(55(53)58)44-20-12-22-49-52(44)46-25-23-39(33-50(46)59(49)40-28-34-27-35(30-40)31-41(59)29-34)57-60-51-26-24-36-13-6-8-17-42(36)54(51)56(61-57)37-14-4-3-5-15-37/h3-26,32-35,40-41H,27-31H2,1-2H3. The maximum atomic E-state index is 5.55. The normalized spacial score (nSPS) is 23.4. The Hall–Kier alpha value is -6.38. The summed E-state index contributed by atoms with van der Waals surface area (Å²) in [5, 5.41) is 6.20. The predicted molar refractivity (Wildman–Crippen MR) is 252 cm³/mol. The van der Waals surface area contributed by atoms with E-state index in [0.29, 0.717) is 11.8 Å². The van der Waals surface area contributed by atoms with E-state index in [4.69, 9.17) is 9.97 Å². The van der Waals surface area contributed by atoms with Crippen LogP contribution in [0.1, 0.15) is 68.2 Å². The SMILES string of the molecule is CC1(C)c2ccccc2-c2c1c(-c1cccc3c1-c1ccc(-c4nc(-c5ccccc5)c5c(ccc6ccccc65)n4)cc1C31C3CC4CC(C3)CC1C4)cc1ccccc21. The minimum atomic E-state index is -0.144. The average molecular weight is 783 g/mol. The molecule has 0 unspecified atom stereocenters. The summed E-state index contributed by atoms with van der Waals surface area (Å²) in [5.74, 6) is 3.82. The molecule has 0 amide bonds. The van der Waals surface area contributed by atoms with Gasteiger partial charge in [0, 0.05) is 27.3 Å². The molecule has 9 aromatic rings. The van der Waals surface area contributed by atoms with Gasteiger partial charge in [0.2, 0.25) is 0 Å². The van der Waals surface area contributed by atoms with E-state index in [1.165, 1.54) is 104 Å². The van der Waals surface area contributed by atoms with Gasteiger partial charge < -0.3 is 0 Å². The number of rotatable bonds is 3. The van der Waals surface area contributed by atoms with Crippen LogP contribution in [0.25, 0.3) is 88.5 Å². The minimum absolute atomic E-state index is 0.0160. The van der Waals surface area contributed by atoms with E-state index in [1.807, 2.05) is 0 Å². The number of nitrogens with zero attached hydrogens (tertiary/aromatic N) is 2. The van der Waals surface area contributed by atoms with Gasteiger partial charge in [0.1, 0.15) is 0 Å². The Morgan fingerprint density at radius 3 is 1.95 bits per heavy atom. The summed E-state index contributed by atoms with van der Waals surface area (Å²) >= 11 is 0. The Kier molecular flexibility index (Phi) is 6.83. The molecule has 0 N–H and O–H groups in total. The molecule has 61 heavy (non-hydrogen) atoms. The van der Waals surface area contributed by atoms with Gasteiger partial charge in [-0.15, -0.1) is 0 Å². The third kappa shape index (κ3) is 4.48. The smallest absolute Gasteiger partial charge is 0.160 e. The van der Waals surface area contributed by atoms with Gasteiger partial charge in [0.25, 0.3) is 0 Å². The van der Waals surface area contributed by atoms with Crippen molar-refractivity contribution >= 4 is 32.4 Å². The van der Waals surface area contributed by atoms with E-state index in [-0.39, 0.29) is 10.8 Å². The van der Waals surface area contributed by atoms with E-state index >= 15 is 0 Å². The Bertz CT molecular complexity index is 3330. The molecule has 4 fully saturated rings. The van der Waals surface area contributed by atoms with Crippen molar-refractivity contribution in [3.05, 3.63) is 180 Å². The molecule has 6 aliphatic carbocycles. The van der Waals surface area contributed by atoms with Crippen LogP contribution in [0.3, 0.4) is 0 Å². The molecule has 1 heterocycles. The first-order valence-corrected chi connectivity index (χ1v) is 22.7. The van der Waals surface area contributed by atoms with Crippen LogP contribution in [0, 0.1) is 23.7 Å². The van der Waals surface area contributed by atoms with E-state index in [9.17, 15) is 0 Å². The highest BCUT2D eigenvalue weighted by Gasteiger charge is 2.62. The molecule has 8 aromatic carbocycles. The summed E-state index contributed by atoms with van der Waals surface area (Å²) in [6.07, 6.45) is 6.79. The van der Waals surface area contributed by atoms with Gasteiger partial charge in [0.15, 0.2) is 5.82 Å². The molecule has 6 aliphatic rings. The van der Waals surface area contributed by atoms with Crippen LogP contribution in [0.2, 0.25) is 0 Å². The third-order valence-electron chi connectivity index (χ3n) is 16.4. The molecule has 0 aliphatic heterocycles.